The fourth-order valence-corrected chi connectivity index (χ4v) is 9.09. The molecule has 0 aromatic heterocycles. The van der Waals surface area contributed by atoms with E-state index in [-0.39, 0.29) is 35.6 Å². The molecule has 5 nitrogen and oxygen atoms in total. The smallest absolute Gasteiger partial charge is 0.306 e. The van der Waals surface area contributed by atoms with Gasteiger partial charge in [-0.1, -0.05) is 23.7 Å². The summed E-state index contributed by atoms with van der Waals surface area (Å²) >= 11 is 0. The van der Waals surface area contributed by atoms with Crippen LogP contribution in [0.1, 0.15) is 58.3 Å². The van der Waals surface area contributed by atoms with Crippen molar-refractivity contribution in [3.8, 4) is 0 Å². The van der Waals surface area contributed by atoms with Crippen LogP contribution < -0.4 is 0 Å². The molecule has 5 aliphatic carbocycles. The Morgan fingerprint density at radius 3 is 2.75 bits per heavy atom. The molecule has 152 valence electrons. The molecule has 0 amide bonds. The molecule has 5 heteroatoms. The highest BCUT2D eigenvalue weighted by molar-refractivity contribution is 5.73. The molecule has 6 aliphatic rings. The molecule has 7 unspecified atom stereocenters. The number of aliphatic hydroxyl groups is 1. The molecule has 6 rings (SSSR count). The predicted octanol–water partition coefficient (Wildman–Crippen LogP) is 3.84. The van der Waals surface area contributed by atoms with Crippen molar-refractivity contribution in [2.75, 3.05) is 6.61 Å². The average Bonchev–Trinajstić information content (AvgIpc) is 3.34. The van der Waals surface area contributed by atoms with Crippen LogP contribution in [0.4, 0.5) is 0 Å². The van der Waals surface area contributed by atoms with E-state index in [1.165, 1.54) is 18.4 Å². The topological polar surface area (TPSA) is 76.0 Å². The summed E-state index contributed by atoms with van der Waals surface area (Å²) in [6.45, 7) is 2.60. The monoisotopic (exact) mass is 385 g/mol. The van der Waals surface area contributed by atoms with Crippen molar-refractivity contribution in [2.45, 2.75) is 69.9 Å². The van der Waals surface area contributed by atoms with Gasteiger partial charge in [0.25, 0.3) is 0 Å². The zero-order valence-electron chi connectivity index (χ0n) is 16.7. The SMILES string of the molecule is C[C@]12CCC3C(CC(CO)C4=CC(N=O)CC[C@@H]43)C1C1CC1[C@@]21CCC(=O)O1. The number of aliphatic hydroxyl groups excluding tert-OH is 1. The molecule has 0 bridgehead atoms. The van der Waals surface area contributed by atoms with Crippen LogP contribution in [0, 0.1) is 51.7 Å². The normalized spacial score (nSPS) is 56.2. The van der Waals surface area contributed by atoms with Gasteiger partial charge in [-0.2, -0.15) is 4.91 Å². The van der Waals surface area contributed by atoms with Crippen molar-refractivity contribution in [1.82, 2.24) is 0 Å². The lowest BCUT2D eigenvalue weighted by Gasteiger charge is -2.58. The molecule has 1 aliphatic heterocycles. The highest BCUT2D eigenvalue weighted by Crippen LogP contribution is 2.78. The van der Waals surface area contributed by atoms with Crippen LogP contribution in [0.2, 0.25) is 0 Å². The number of hydrogen-bond donors (Lipinski definition) is 1. The molecule has 1 heterocycles. The quantitative estimate of drug-likeness (QED) is 0.445. The van der Waals surface area contributed by atoms with Gasteiger partial charge in [0.15, 0.2) is 0 Å². The van der Waals surface area contributed by atoms with Crippen LogP contribution in [0.25, 0.3) is 0 Å². The van der Waals surface area contributed by atoms with Gasteiger partial charge in [0.2, 0.25) is 0 Å². The standard InChI is InChI=1S/C23H31NO4/c1-22-6-4-15-14-3-2-13(24-27)9-16(14)12(11-25)8-17(15)21(22)18-10-19(18)23(22)7-5-20(26)28-23/h9,12-15,17-19,21,25H,2-8,10-11H2,1H3/t12?,13?,14-,15?,17?,18?,19?,21?,22+,23+/m1/s1. The Morgan fingerprint density at radius 1 is 1.18 bits per heavy atom. The fourth-order valence-electron chi connectivity index (χ4n) is 9.09. The van der Waals surface area contributed by atoms with E-state index in [1.54, 1.807) is 0 Å². The number of fused-ring (bicyclic) bond motifs is 9. The predicted molar refractivity (Wildman–Crippen MR) is 103 cm³/mol. The van der Waals surface area contributed by atoms with Crippen LogP contribution in [-0.4, -0.2) is 29.3 Å². The maximum Gasteiger partial charge on any atom is 0.306 e. The lowest BCUT2D eigenvalue weighted by molar-refractivity contribution is -0.175. The van der Waals surface area contributed by atoms with Gasteiger partial charge in [-0.15, -0.1) is 0 Å². The third-order valence-electron chi connectivity index (χ3n) is 10.1. The number of esters is 1. The Hall–Kier alpha value is -1.23. The Labute approximate surface area is 166 Å². The Bertz CT molecular complexity index is 764. The molecule has 5 fully saturated rings. The first-order chi connectivity index (χ1) is 13.5. The number of carbonyl (C=O) groups is 1. The number of nitroso groups, excluding NO2 is 1. The maximum atomic E-state index is 12.1. The Morgan fingerprint density at radius 2 is 2.04 bits per heavy atom. The lowest BCUT2D eigenvalue weighted by Crippen LogP contribution is -2.56. The van der Waals surface area contributed by atoms with Crippen molar-refractivity contribution in [3.63, 3.8) is 0 Å². The summed E-state index contributed by atoms with van der Waals surface area (Å²) in [6, 6.07) is -0.203. The van der Waals surface area contributed by atoms with Gasteiger partial charge in [-0.3, -0.25) is 4.79 Å². The van der Waals surface area contributed by atoms with E-state index < -0.39 is 0 Å². The summed E-state index contributed by atoms with van der Waals surface area (Å²) < 4.78 is 6.16. The fraction of sp³-hybridized carbons (Fsp3) is 0.870. The molecule has 10 atom stereocenters. The van der Waals surface area contributed by atoms with Gasteiger partial charge >= 0.3 is 5.97 Å². The summed E-state index contributed by atoms with van der Waals surface area (Å²) in [6.07, 6.45) is 10.1. The van der Waals surface area contributed by atoms with Crippen molar-refractivity contribution in [3.05, 3.63) is 16.6 Å². The van der Waals surface area contributed by atoms with E-state index in [0.29, 0.717) is 41.9 Å². The first kappa shape index (κ1) is 17.6. The molecule has 1 saturated heterocycles. The molecule has 4 saturated carbocycles. The number of ether oxygens (including phenoxy) is 1. The molecular weight excluding hydrogens is 354 g/mol. The second-order valence-corrected chi connectivity index (χ2v) is 10.8. The second-order valence-electron chi connectivity index (χ2n) is 10.8. The average molecular weight is 386 g/mol. The number of carbonyl (C=O) groups excluding carboxylic acids is 1. The number of rotatable bonds is 2. The van der Waals surface area contributed by atoms with Crippen molar-refractivity contribution in [2.24, 2.45) is 52.0 Å². The molecule has 0 aromatic rings. The maximum absolute atomic E-state index is 12.1. The van der Waals surface area contributed by atoms with Crippen molar-refractivity contribution < 1.29 is 14.6 Å². The van der Waals surface area contributed by atoms with E-state index >= 15 is 0 Å². The number of nitrogens with zero attached hydrogens (tertiary/aromatic N) is 1. The molecule has 1 spiro atoms. The van der Waals surface area contributed by atoms with Gasteiger partial charge in [0, 0.05) is 30.3 Å². The van der Waals surface area contributed by atoms with Crippen molar-refractivity contribution in [1.29, 1.82) is 0 Å². The van der Waals surface area contributed by atoms with E-state index in [9.17, 15) is 14.8 Å². The van der Waals surface area contributed by atoms with Gasteiger partial charge in [-0.25, -0.2) is 0 Å². The Kier molecular flexibility index (Phi) is 3.57. The van der Waals surface area contributed by atoms with Crippen molar-refractivity contribution >= 4 is 5.97 Å². The van der Waals surface area contributed by atoms with Crippen LogP contribution in [0.5, 0.6) is 0 Å². The summed E-state index contributed by atoms with van der Waals surface area (Å²) in [5.74, 6) is 3.89. The van der Waals surface area contributed by atoms with Gasteiger partial charge in [-0.05, 0) is 74.5 Å². The first-order valence-corrected chi connectivity index (χ1v) is 11.4. The lowest BCUT2D eigenvalue weighted by atomic mass is 9.47. The van der Waals surface area contributed by atoms with Crippen LogP contribution in [-0.2, 0) is 9.53 Å². The minimum absolute atomic E-state index is 0.0106. The molecule has 1 N–H and O–H groups in total. The highest BCUT2D eigenvalue weighted by atomic mass is 16.6. The summed E-state index contributed by atoms with van der Waals surface area (Å²) in [7, 11) is 0. The minimum Gasteiger partial charge on any atom is -0.458 e. The van der Waals surface area contributed by atoms with Crippen LogP contribution >= 0.6 is 0 Å². The van der Waals surface area contributed by atoms with Crippen LogP contribution in [0.3, 0.4) is 0 Å². The van der Waals surface area contributed by atoms with E-state index in [0.717, 1.165) is 32.1 Å². The van der Waals surface area contributed by atoms with Gasteiger partial charge in [0.1, 0.15) is 11.6 Å². The van der Waals surface area contributed by atoms with E-state index in [4.69, 9.17) is 4.74 Å². The minimum atomic E-state index is -0.203. The molecular formula is C23H31NO4. The van der Waals surface area contributed by atoms with E-state index in [2.05, 4.69) is 18.2 Å². The molecule has 28 heavy (non-hydrogen) atoms. The molecule has 0 radical (unpaired) electrons. The highest BCUT2D eigenvalue weighted by Gasteiger charge is 2.78. The third kappa shape index (κ3) is 1.99. The summed E-state index contributed by atoms with van der Waals surface area (Å²) in [5.41, 5.74) is 1.24. The molecule has 0 aromatic carbocycles. The zero-order valence-corrected chi connectivity index (χ0v) is 16.7. The third-order valence-corrected chi connectivity index (χ3v) is 10.1. The summed E-state index contributed by atoms with van der Waals surface area (Å²) in [5, 5.41) is 13.5. The zero-order chi connectivity index (χ0) is 19.3. The first-order valence-electron chi connectivity index (χ1n) is 11.4. The van der Waals surface area contributed by atoms with Crippen LogP contribution in [0.15, 0.2) is 16.8 Å². The number of hydrogen-bond acceptors (Lipinski definition) is 5. The summed E-state index contributed by atoms with van der Waals surface area (Å²) in [4.78, 5) is 23.2. The van der Waals surface area contributed by atoms with Gasteiger partial charge < -0.3 is 9.84 Å². The largest absolute Gasteiger partial charge is 0.458 e. The Balaban J connectivity index is 1.37. The second kappa shape index (κ2) is 5.68. The van der Waals surface area contributed by atoms with E-state index in [1.807, 2.05) is 0 Å². The van der Waals surface area contributed by atoms with Gasteiger partial charge in [0.05, 0.1) is 0 Å².